The first-order valence-corrected chi connectivity index (χ1v) is 13.0. The molecule has 0 atom stereocenters. The number of hydrazone groups is 2. The molecule has 0 aliphatic rings. The molecule has 4 nitrogen and oxygen atoms in total. The van der Waals surface area contributed by atoms with E-state index < -0.39 is 16.5 Å². The van der Waals surface area contributed by atoms with Crippen LogP contribution in [0.2, 0.25) is 39.3 Å². The van der Waals surface area contributed by atoms with E-state index in [0.717, 1.165) is 6.42 Å². The smallest absolute Gasteiger partial charge is 0.168 e. The summed E-state index contributed by atoms with van der Waals surface area (Å²) in [5, 5.41) is 8.85. The molecular weight excluding hydrogens is 244 g/mol. The SMILES string of the molecule is CN(N=CCC=NN(C)[Si](C)(C)C)[Si](C)(C)C. The topological polar surface area (TPSA) is 31.2 Å². The summed E-state index contributed by atoms with van der Waals surface area (Å²) >= 11 is 0. The first-order chi connectivity index (χ1) is 7.55. The minimum absolute atomic E-state index is 0.795. The molecule has 0 amide bonds. The molecule has 100 valence electrons. The van der Waals surface area contributed by atoms with Crippen molar-refractivity contribution in [1.82, 2.24) is 9.35 Å². The van der Waals surface area contributed by atoms with Crippen molar-refractivity contribution in [1.29, 1.82) is 0 Å². The maximum atomic E-state index is 4.43. The highest BCUT2D eigenvalue weighted by atomic mass is 28.3. The van der Waals surface area contributed by atoms with Gasteiger partial charge >= 0.3 is 0 Å². The molecule has 0 saturated heterocycles. The van der Waals surface area contributed by atoms with Gasteiger partial charge in [0, 0.05) is 32.9 Å². The van der Waals surface area contributed by atoms with Crippen molar-refractivity contribution in [3.8, 4) is 0 Å². The highest BCUT2D eigenvalue weighted by molar-refractivity contribution is 6.73. The van der Waals surface area contributed by atoms with Crippen LogP contribution in [-0.2, 0) is 0 Å². The number of hydrogen-bond donors (Lipinski definition) is 0. The highest BCUT2D eigenvalue weighted by Crippen LogP contribution is 2.06. The van der Waals surface area contributed by atoms with Crippen molar-refractivity contribution in [2.45, 2.75) is 45.7 Å². The zero-order chi connectivity index (χ0) is 13.7. The van der Waals surface area contributed by atoms with Gasteiger partial charge in [0.1, 0.15) is 0 Å². The van der Waals surface area contributed by atoms with Gasteiger partial charge in [-0.05, 0) is 0 Å². The lowest BCUT2D eigenvalue weighted by Crippen LogP contribution is -2.39. The fourth-order valence-corrected chi connectivity index (χ4v) is 1.59. The zero-order valence-corrected chi connectivity index (χ0v) is 14.7. The van der Waals surface area contributed by atoms with Crippen LogP contribution in [0.5, 0.6) is 0 Å². The van der Waals surface area contributed by atoms with Gasteiger partial charge in [-0.25, -0.2) is 0 Å². The third kappa shape index (κ3) is 7.33. The molecule has 0 N–H and O–H groups in total. The van der Waals surface area contributed by atoms with E-state index in [0.29, 0.717) is 0 Å². The number of nitrogens with zero attached hydrogens (tertiary/aromatic N) is 4. The van der Waals surface area contributed by atoms with Crippen LogP contribution in [0.3, 0.4) is 0 Å². The van der Waals surface area contributed by atoms with Gasteiger partial charge in [-0.15, -0.1) is 0 Å². The average molecular weight is 273 g/mol. The molecule has 0 aliphatic carbocycles. The van der Waals surface area contributed by atoms with E-state index in [1.807, 2.05) is 26.5 Å². The summed E-state index contributed by atoms with van der Waals surface area (Å²) in [6.07, 6.45) is 4.66. The second-order valence-electron chi connectivity index (χ2n) is 6.22. The van der Waals surface area contributed by atoms with Crippen molar-refractivity contribution < 1.29 is 0 Å². The van der Waals surface area contributed by atoms with Gasteiger partial charge in [0.2, 0.25) is 0 Å². The molecule has 0 unspecified atom stereocenters. The van der Waals surface area contributed by atoms with E-state index in [4.69, 9.17) is 0 Å². The van der Waals surface area contributed by atoms with E-state index >= 15 is 0 Å². The van der Waals surface area contributed by atoms with Crippen LogP contribution >= 0.6 is 0 Å². The summed E-state index contributed by atoms with van der Waals surface area (Å²) in [5.74, 6) is 0. The van der Waals surface area contributed by atoms with E-state index in [-0.39, 0.29) is 0 Å². The molecule has 0 rings (SSSR count). The Balaban J connectivity index is 4.08. The Kier molecular flexibility index (Phi) is 6.11. The lowest BCUT2D eigenvalue weighted by atomic mass is 10.5. The van der Waals surface area contributed by atoms with Gasteiger partial charge in [0.15, 0.2) is 16.5 Å². The predicted molar refractivity (Wildman–Crippen MR) is 83.8 cm³/mol. The molecule has 6 heteroatoms. The Labute approximate surface area is 109 Å². The maximum Gasteiger partial charge on any atom is 0.168 e. The minimum atomic E-state index is -1.29. The van der Waals surface area contributed by atoms with Gasteiger partial charge < -0.3 is 9.35 Å². The third-order valence-corrected chi connectivity index (χ3v) is 6.78. The molecule has 0 spiro atoms. The molecule has 0 aromatic rings. The van der Waals surface area contributed by atoms with E-state index in [9.17, 15) is 0 Å². The summed E-state index contributed by atoms with van der Waals surface area (Å²) in [4.78, 5) is 0. The first kappa shape index (κ1) is 16.4. The molecule has 0 radical (unpaired) electrons. The lowest BCUT2D eigenvalue weighted by molar-refractivity contribution is 0.548. The first-order valence-electron chi connectivity index (χ1n) is 6.07. The van der Waals surface area contributed by atoms with Crippen LogP contribution in [-0.4, -0.2) is 52.3 Å². The Bertz CT molecular complexity index is 248. The predicted octanol–water partition coefficient (Wildman–Crippen LogP) is 2.88. The Morgan fingerprint density at radius 1 is 0.765 bits per heavy atom. The van der Waals surface area contributed by atoms with Crippen LogP contribution in [0, 0.1) is 0 Å². The van der Waals surface area contributed by atoms with E-state index in [1.54, 1.807) is 0 Å². The fraction of sp³-hybridized carbons (Fsp3) is 0.818. The van der Waals surface area contributed by atoms with E-state index in [2.05, 4.69) is 58.8 Å². The summed E-state index contributed by atoms with van der Waals surface area (Å²) in [6.45, 7) is 13.7. The Morgan fingerprint density at radius 3 is 1.29 bits per heavy atom. The maximum absolute atomic E-state index is 4.43. The molecule has 0 fully saturated rings. The van der Waals surface area contributed by atoms with Crippen LogP contribution in [0.1, 0.15) is 6.42 Å². The number of hydrogen-bond acceptors (Lipinski definition) is 4. The average Bonchev–Trinajstić information content (AvgIpc) is 2.13. The molecule has 17 heavy (non-hydrogen) atoms. The fourth-order valence-electron chi connectivity index (χ4n) is 0.733. The second-order valence-corrected chi connectivity index (χ2v) is 16.2. The van der Waals surface area contributed by atoms with Gasteiger partial charge in [-0.2, -0.15) is 10.2 Å². The summed E-state index contributed by atoms with van der Waals surface area (Å²) < 4.78 is 4.20. The molecular formula is C11H28N4Si2. The van der Waals surface area contributed by atoms with Crippen LogP contribution in [0.25, 0.3) is 0 Å². The van der Waals surface area contributed by atoms with Gasteiger partial charge in [-0.1, -0.05) is 39.3 Å². The normalized spacial score (nSPS) is 13.6. The van der Waals surface area contributed by atoms with Crippen molar-refractivity contribution in [2.75, 3.05) is 14.1 Å². The summed E-state index contributed by atoms with van der Waals surface area (Å²) in [6, 6.07) is 0. The number of rotatable bonds is 6. The zero-order valence-electron chi connectivity index (χ0n) is 12.7. The Morgan fingerprint density at radius 2 is 1.06 bits per heavy atom. The second kappa shape index (κ2) is 6.35. The molecule has 0 aromatic carbocycles. The largest absolute Gasteiger partial charge is 0.328 e. The lowest BCUT2D eigenvalue weighted by Gasteiger charge is -2.27. The molecule has 0 saturated carbocycles. The molecule has 0 aromatic heterocycles. The van der Waals surface area contributed by atoms with Crippen LogP contribution in [0.15, 0.2) is 10.2 Å². The van der Waals surface area contributed by atoms with Crippen molar-refractivity contribution in [3.63, 3.8) is 0 Å². The highest BCUT2D eigenvalue weighted by Gasteiger charge is 2.18. The van der Waals surface area contributed by atoms with Gasteiger partial charge in [0.25, 0.3) is 0 Å². The quantitative estimate of drug-likeness (QED) is 0.423. The summed E-state index contributed by atoms with van der Waals surface area (Å²) in [7, 11) is 1.53. The minimum Gasteiger partial charge on any atom is -0.328 e. The van der Waals surface area contributed by atoms with Crippen molar-refractivity contribution in [2.24, 2.45) is 10.2 Å². The summed E-state index contributed by atoms with van der Waals surface area (Å²) in [5.41, 5.74) is 0. The molecule has 0 bridgehead atoms. The van der Waals surface area contributed by atoms with Crippen molar-refractivity contribution in [3.05, 3.63) is 0 Å². The standard InChI is InChI=1S/C11H28N4Si2/c1-14(16(3,4)5)12-10-9-11-13-15(2)17(6,7)8/h10-11H,9H2,1-8H3. The van der Waals surface area contributed by atoms with Crippen LogP contribution in [0.4, 0.5) is 0 Å². The third-order valence-electron chi connectivity index (χ3n) is 2.66. The van der Waals surface area contributed by atoms with Crippen LogP contribution < -0.4 is 0 Å². The van der Waals surface area contributed by atoms with Crippen molar-refractivity contribution >= 4 is 28.9 Å². The molecule has 0 aliphatic heterocycles. The van der Waals surface area contributed by atoms with Gasteiger partial charge in [-0.3, -0.25) is 0 Å². The van der Waals surface area contributed by atoms with E-state index in [1.165, 1.54) is 0 Å². The monoisotopic (exact) mass is 272 g/mol. The Hall–Kier alpha value is -0.626. The van der Waals surface area contributed by atoms with Gasteiger partial charge in [0.05, 0.1) is 0 Å². The molecule has 0 heterocycles.